The summed E-state index contributed by atoms with van der Waals surface area (Å²) in [5, 5.41) is 0. The molecule has 1 aliphatic rings. The summed E-state index contributed by atoms with van der Waals surface area (Å²) in [6.45, 7) is 8.03. The number of likely N-dealkylation sites (N-methyl/N-ethyl adjacent to an activating group) is 1. The molecule has 0 fully saturated rings. The van der Waals surface area contributed by atoms with E-state index in [9.17, 15) is 4.79 Å². The molecule has 1 atom stereocenters. The first-order valence-corrected chi connectivity index (χ1v) is 8.48. The van der Waals surface area contributed by atoms with Gasteiger partial charge < -0.3 is 20.1 Å². The summed E-state index contributed by atoms with van der Waals surface area (Å²) < 4.78 is 11.7. The predicted octanol–water partition coefficient (Wildman–Crippen LogP) is 2.86. The SMILES string of the molecule is CCN(CC1COc2ccccc2O1)C(=O)C(CC)(CC)CN.Cl. The highest BCUT2D eigenvalue weighted by Gasteiger charge is 2.37. The molecule has 136 valence electrons. The Bertz CT molecular complexity index is 526. The average molecular weight is 357 g/mol. The van der Waals surface area contributed by atoms with Crippen molar-refractivity contribution in [2.45, 2.75) is 39.7 Å². The van der Waals surface area contributed by atoms with Crippen molar-refractivity contribution in [3.05, 3.63) is 24.3 Å². The van der Waals surface area contributed by atoms with Crippen molar-refractivity contribution in [2.75, 3.05) is 26.2 Å². The number of amides is 1. The van der Waals surface area contributed by atoms with Gasteiger partial charge in [0.15, 0.2) is 17.6 Å². The molecular formula is C18H29ClN2O3. The minimum atomic E-state index is -0.469. The number of carbonyl (C=O) groups excluding carboxylic acids is 1. The number of hydrogen-bond acceptors (Lipinski definition) is 4. The summed E-state index contributed by atoms with van der Waals surface area (Å²) in [5.74, 6) is 1.62. The third-order valence-corrected chi connectivity index (χ3v) is 4.86. The van der Waals surface area contributed by atoms with Crippen LogP contribution in [-0.2, 0) is 4.79 Å². The minimum Gasteiger partial charge on any atom is -0.486 e. The Kier molecular flexibility index (Phi) is 7.84. The largest absolute Gasteiger partial charge is 0.486 e. The number of benzene rings is 1. The van der Waals surface area contributed by atoms with Gasteiger partial charge in [-0.15, -0.1) is 12.4 Å². The molecular weight excluding hydrogens is 328 g/mol. The number of fused-ring (bicyclic) bond motifs is 1. The van der Waals surface area contributed by atoms with Crippen molar-refractivity contribution in [3.8, 4) is 11.5 Å². The van der Waals surface area contributed by atoms with Gasteiger partial charge in [0.25, 0.3) is 0 Å². The fourth-order valence-corrected chi connectivity index (χ4v) is 3.02. The second-order valence-electron chi connectivity index (χ2n) is 6.03. The number of para-hydroxylation sites is 2. The number of ether oxygens (including phenoxy) is 2. The third kappa shape index (κ3) is 4.14. The molecule has 6 heteroatoms. The van der Waals surface area contributed by atoms with Gasteiger partial charge in [-0.1, -0.05) is 26.0 Å². The summed E-state index contributed by atoms with van der Waals surface area (Å²) in [6.07, 6.45) is 1.35. The molecule has 0 aromatic heterocycles. The first-order valence-electron chi connectivity index (χ1n) is 8.48. The van der Waals surface area contributed by atoms with E-state index in [0.29, 0.717) is 26.2 Å². The van der Waals surface area contributed by atoms with Crippen LogP contribution >= 0.6 is 12.4 Å². The van der Waals surface area contributed by atoms with Crippen LogP contribution in [-0.4, -0.2) is 43.2 Å². The van der Waals surface area contributed by atoms with Crippen LogP contribution in [0.1, 0.15) is 33.6 Å². The van der Waals surface area contributed by atoms with Crippen molar-refractivity contribution in [2.24, 2.45) is 11.1 Å². The molecule has 2 rings (SSSR count). The van der Waals surface area contributed by atoms with Gasteiger partial charge in [-0.25, -0.2) is 0 Å². The minimum absolute atomic E-state index is 0. The standard InChI is InChI=1S/C18H28N2O3.ClH/c1-4-18(5-2,13-19)17(21)20(6-3)11-14-12-22-15-9-7-8-10-16(15)23-14;/h7-10,14H,4-6,11-13,19H2,1-3H3;1H. The molecule has 0 saturated carbocycles. The lowest BCUT2D eigenvalue weighted by Crippen LogP contribution is -2.51. The first-order chi connectivity index (χ1) is 11.1. The van der Waals surface area contributed by atoms with Crippen molar-refractivity contribution in [1.82, 2.24) is 4.90 Å². The molecule has 5 nitrogen and oxygen atoms in total. The van der Waals surface area contributed by atoms with Gasteiger partial charge in [0.05, 0.1) is 12.0 Å². The number of nitrogens with zero attached hydrogens (tertiary/aromatic N) is 1. The maximum absolute atomic E-state index is 13.0. The lowest BCUT2D eigenvalue weighted by atomic mass is 9.81. The number of nitrogens with two attached hydrogens (primary N) is 1. The van der Waals surface area contributed by atoms with Gasteiger partial charge in [-0.05, 0) is 31.9 Å². The molecule has 0 spiro atoms. The molecule has 0 saturated heterocycles. The van der Waals surface area contributed by atoms with Crippen LogP contribution in [0.15, 0.2) is 24.3 Å². The van der Waals surface area contributed by atoms with Gasteiger partial charge in [0.2, 0.25) is 5.91 Å². The Morgan fingerprint density at radius 3 is 2.42 bits per heavy atom. The Morgan fingerprint density at radius 2 is 1.88 bits per heavy atom. The number of rotatable bonds is 7. The summed E-state index contributed by atoms with van der Waals surface area (Å²) in [5.41, 5.74) is 5.45. The second-order valence-corrected chi connectivity index (χ2v) is 6.03. The van der Waals surface area contributed by atoms with E-state index in [2.05, 4.69) is 0 Å². The highest BCUT2D eigenvalue weighted by atomic mass is 35.5. The van der Waals surface area contributed by atoms with Crippen molar-refractivity contribution in [3.63, 3.8) is 0 Å². The molecule has 1 unspecified atom stereocenters. The summed E-state index contributed by atoms with van der Waals surface area (Å²) in [4.78, 5) is 14.8. The summed E-state index contributed by atoms with van der Waals surface area (Å²) in [7, 11) is 0. The van der Waals surface area contributed by atoms with E-state index < -0.39 is 5.41 Å². The average Bonchev–Trinajstić information content (AvgIpc) is 2.61. The van der Waals surface area contributed by atoms with Crippen molar-refractivity contribution < 1.29 is 14.3 Å². The summed E-state index contributed by atoms with van der Waals surface area (Å²) >= 11 is 0. The zero-order chi connectivity index (χ0) is 16.9. The molecule has 0 radical (unpaired) electrons. The number of hydrogen-bond donors (Lipinski definition) is 1. The molecule has 1 heterocycles. The van der Waals surface area contributed by atoms with E-state index in [1.165, 1.54) is 0 Å². The van der Waals surface area contributed by atoms with Gasteiger partial charge in [0.1, 0.15) is 6.61 Å². The third-order valence-electron chi connectivity index (χ3n) is 4.86. The molecule has 1 aromatic carbocycles. The fraction of sp³-hybridized carbons (Fsp3) is 0.611. The number of carbonyl (C=O) groups is 1. The van der Waals surface area contributed by atoms with E-state index >= 15 is 0 Å². The number of halogens is 1. The Balaban J connectivity index is 0.00000288. The highest BCUT2D eigenvalue weighted by Crippen LogP contribution is 2.32. The van der Waals surface area contributed by atoms with Crippen LogP contribution in [0.5, 0.6) is 11.5 Å². The van der Waals surface area contributed by atoms with Crippen LogP contribution in [0.2, 0.25) is 0 Å². The normalized spacial score (nSPS) is 16.2. The molecule has 1 aliphatic heterocycles. The van der Waals surface area contributed by atoms with Gasteiger partial charge in [0, 0.05) is 13.1 Å². The maximum Gasteiger partial charge on any atom is 0.230 e. The summed E-state index contributed by atoms with van der Waals surface area (Å²) in [6, 6.07) is 7.62. The van der Waals surface area contributed by atoms with Gasteiger partial charge in [-0.2, -0.15) is 0 Å². The second kappa shape index (κ2) is 9.14. The monoisotopic (exact) mass is 356 g/mol. The zero-order valence-corrected chi connectivity index (χ0v) is 15.6. The van der Waals surface area contributed by atoms with Crippen LogP contribution in [0, 0.1) is 5.41 Å². The Hall–Kier alpha value is -1.46. The van der Waals surface area contributed by atoms with Gasteiger partial charge >= 0.3 is 0 Å². The first kappa shape index (κ1) is 20.6. The van der Waals surface area contributed by atoms with Crippen LogP contribution in [0.4, 0.5) is 0 Å². The highest BCUT2D eigenvalue weighted by molar-refractivity contribution is 5.85. The van der Waals surface area contributed by atoms with E-state index in [1.54, 1.807) is 0 Å². The quantitative estimate of drug-likeness (QED) is 0.815. The molecule has 0 bridgehead atoms. The lowest BCUT2D eigenvalue weighted by Gasteiger charge is -2.37. The molecule has 1 amide bonds. The molecule has 1 aromatic rings. The van der Waals surface area contributed by atoms with E-state index in [-0.39, 0.29) is 24.4 Å². The molecule has 2 N–H and O–H groups in total. The van der Waals surface area contributed by atoms with Crippen molar-refractivity contribution in [1.29, 1.82) is 0 Å². The Labute approximate surface area is 150 Å². The van der Waals surface area contributed by atoms with Crippen LogP contribution < -0.4 is 15.2 Å². The van der Waals surface area contributed by atoms with E-state index in [4.69, 9.17) is 15.2 Å². The predicted molar refractivity (Wildman–Crippen MR) is 97.9 cm³/mol. The van der Waals surface area contributed by atoms with E-state index in [1.807, 2.05) is 49.9 Å². The van der Waals surface area contributed by atoms with Crippen LogP contribution in [0.3, 0.4) is 0 Å². The topological polar surface area (TPSA) is 64.8 Å². The van der Waals surface area contributed by atoms with Crippen LogP contribution in [0.25, 0.3) is 0 Å². The van der Waals surface area contributed by atoms with Gasteiger partial charge in [-0.3, -0.25) is 4.79 Å². The lowest BCUT2D eigenvalue weighted by molar-refractivity contribution is -0.143. The molecule has 24 heavy (non-hydrogen) atoms. The van der Waals surface area contributed by atoms with Crippen molar-refractivity contribution >= 4 is 18.3 Å². The fourth-order valence-electron chi connectivity index (χ4n) is 3.02. The van der Waals surface area contributed by atoms with E-state index in [0.717, 1.165) is 24.3 Å². The maximum atomic E-state index is 13.0. The zero-order valence-electron chi connectivity index (χ0n) is 14.8. The molecule has 0 aliphatic carbocycles. The smallest absolute Gasteiger partial charge is 0.230 e. The Morgan fingerprint density at radius 1 is 1.25 bits per heavy atom.